The molecule has 55 heavy (non-hydrogen) atoms. The van der Waals surface area contributed by atoms with E-state index in [4.69, 9.17) is 53.1 Å². The zero-order chi connectivity index (χ0) is 42.0. The quantitative estimate of drug-likeness (QED) is 0.0841. The standard InChI is InChI=1S/C35H84N4O12Si4/c1-17-34(54(46-11,47-12)48-13)39(35(18-2)55(49-14,50-15)51-16)31-21-26-36(3)24-19-28-38(30-23-33-53(43-8,44-9)45-10)29-20-25-37(4)27-22-32-52(40-5,41-6)42-7/h34-35H,17-33H2,1-16H3. The molecule has 0 rings (SSSR count). The predicted molar refractivity (Wildman–Crippen MR) is 226 cm³/mol. The molecule has 2 atom stereocenters. The fraction of sp³-hybridized carbons (Fsp3) is 1.00. The van der Waals surface area contributed by atoms with Gasteiger partial charge >= 0.3 is 35.2 Å². The molecule has 2 unspecified atom stereocenters. The van der Waals surface area contributed by atoms with Crippen LogP contribution in [-0.2, 0) is 53.1 Å². The van der Waals surface area contributed by atoms with Crippen molar-refractivity contribution in [2.45, 2.75) is 82.2 Å². The molecule has 0 fully saturated rings. The lowest BCUT2D eigenvalue weighted by molar-refractivity contribution is 0.0323. The molecule has 0 N–H and O–H groups in total. The van der Waals surface area contributed by atoms with Crippen LogP contribution in [0, 0.1) is 0 Å². The predicted octanol–water partition coefficient (Wildman–Crippen LogP) is 3.55. The summed E-state index contributed by atoms with van der Waals surface area (Å²) in [5.41, 5.74) is -0.203. The Bertz CT molecular complexity index is 868. The molecular weight excluding hydrogens is 781 g/mol. The van der Waals surface area contributed by atoms with E-state index in [1.165, 1.54) is 0 Å². The van der Waals surface area contributed by atoms with Gasteiger partial charge in [0.05, 0.1) is 11.3 Å². The molecule has 0 bridgehead atoms. The van der Waals surface area contributed by atoms with Crippen molar-refractivity contribution in [2.75, 3.05) is 152 Å². The third-order valence-electron chi connectivity index (χ3n) is 10.9. The molecule has 20 heteroatoms. The first kappa shape index (κ1) is 55.2. The van der Waals surface area contributed by atoms with Crippen molar-refractivity contribution in [1.29, 1.82) is 0 Å². The van der Waals surface area contributed by atoms with E-state index in [9.17, 15) is 0 Å². The summed E-state index contributed by atoms with van der Waals surface area (Å²) in [5.74, 6) is 0. The lowest BCUT2D eigenvalue weighted by Gasteiger charge is -2.46. The van der Waals surface area contributed by atoms with Crippen molar-refractivity contribution in [1.82, 2.24) is 19.6 Å². The molecule has 0 aromatic heterocycles. The maximum Gasteiger partial charge on any atom is 0.518 e. The fourth-order valence-corrected chi connectivity index (χ4v) is 16.2. The van der Waals surface area contributed by atoms with Crippen LogP contribution in [0.1, 0.15) is 58.8 Å². The molecule has 0 aliphatic heterocycles. The van der Waals surface area contributed by atoms with Crippen molar-refractivity contribution < 1.29 is 53.1 Å². The molecule has 0 radical (unpaired) electrons. The summed E-state index contributed by atoms with van der Waals surface area (Å²) in [4.78, 5) is 9.81. The number of nitrogens with zero attached hydrogens (tertiary/aromatic N) is 4. The highest BCUT2D eigenvalue weighted by Gasteiger charge is 2.57. The lowest BCUT2D eigenvalue weighted by Crippen LogP contribution is -2.70. The van der Waals surface area contributed by atoms with E-state index in [2.05, 4.69) is 47.5 Å². The van der Waals surface area contributed by atoms with Crippen LogP contribution in [-0.4, -0.2) is 218 Å². The second-order valence-electron chi connectivity index (χ2n) is 13.8. The molecule has 0 amide bonds. The van der Waals surface area contributed by atoms with Gasteiger partial charge in [-0.15, -0.1) is 0 Å². The van der Waals surface area contributed by atoms with Crippen molar-refractivity contribution in [3.8, 4) is 0 Å². The Morgan fingerprint density at radius 3 is 0.927 bits per heavy atom. The van der Waals surface area contributed by atoms with Crippen LogP contribution in [0.3, 0.4) is 0 Å². The Morgan fingerprint density at radius 2 is 0.636 bits per heavy atom. The highest BCUT2D eigenvalue weighted by atomic mass is 28.4. The Hall–Kier alpha value is 0.228. The monoisotopic (exact) mass is 865 g/mol. The first-order valence-electron chi connectivity index (χ1n) is 19.8. The zero-order valence-electron chi connectivity index (χ0n) is 37.9. The Balaban J connectivity index is 5.60. The van der Waals surface area contributed by atoms with E-state index in [-0.39, 0.29) is 11.3 Å². The largest absolute Gasteiger partial charge is 0.518 e. The van der Waals surface area contributed by atoms with E-state index in [1.807, 2.05) is 0 Å². The minimum atomic E-state index is -3.06. The van der Waals surface area contributed by atoms with Crippen LogP contribution >= 0.6 is 0 Å². The van der Waals surface area contributed by atoms with Crippen LogP contribution in [0.2, 0.25) is 12.1 Å². The van der Waals surface area contributed by atoms with Crippen molar-refractivity contribution in [3.63, 3.8) is 0 Å². The van der Waals surface area contributed by atoms with Crippen LogP contribution in [0.5, 0.6) is 0 Å². The Labute approximate surface area is 341 Å². The van der Waals surface area contributed by atoms with Gasteiger partial charge in [-0.2, -0.15) is 0 Å². The van der Waals surface area contributed by atoms with E-state index < -0.39 is 35.2 Å². The smallest absolute Gasteiger partial charge is 0.377 e. The third kappa shape index (κ3) is 17.4. The van der Waals surface area contributed by atoms with Crippen molar-refractivity contribution >= 4 is 35.2 Å². The summed E-state index contributed by atoms with van der Waals surface area (Å²) >= 11 is 0. The van der Waals surface area contributed by atoms with E-state index in [0.29, 0.717) is 0 Å². The maximum atomic E-state index is 6.03. The molecule has 332 valence electrons. The topological polar surface area (TPSA) is 124 Å². The summed E-state index contributed by atoms with van der Waals surface area (Å²) in [7, 11) is 13.2. The summed E-state index contributed by atoms with van der Waals surface area (Å²) in [6, 6.07) is 1.58. The molecule has 0 heterocycles. The highest BCUT2D eigenvalue weighted by Crippen LogP contribution is 2.29. The first-order chi connectivity index (χ1) is 26.3. The summed E-state index contributed by atoms with van der Waals surface area (Å²) in [5, 5.41) is 0. The summed E-state index contributed by atoms with van der Waals surface area (Å²) < 4.78 is 70.0. The summed E-state index contributed by atoms with van der Waals surface area (Å²) in [6.45, 7) is 12.0. The van der Waals surface area contributed by atoms with Gasteiger partial charge in [-0.3, -0.25) is 4.90 Å². The molecule has 0 spiro atoms. The van der Waals surface area contributed by atoms with Gasteiger partial charge < -0.3 is 67.8 Å². The molecule has 0 saturated carbocycles. The van der Waals surface area contributed by atoms with Crippen molar-refractivity contribution in [3.05, 3.63) is 0 Å². The average molecular weight is 865 g/mol. The lowest BCUT2D eigenvalue weighted by atomic mass is 10.2. The van der Waals surface area contributed by atoms with E-state index in [0.717, 1.165) is 109 Å². The molecule has 0 saturated heterocycles. The van der Waals surface area contributed by atoms with Gasteiger partial charge in [0.1, 0.15) is 0 Å². The molecule has 0 aromatic carbocycles. The van der Waals surface area contributed by atoms with Gasteiger partial charge in [-0.05, 0) is 111 Å². The molecule has 16 nitrogen and oxygen atoms in total. The molecular formula is C35H84N4O12Si4. The zero-order valence-corrected chi connectivity index (χ0v) is 41.9. The number of hydrogen-bond acceptors (Lipinski definition) is 16. The normalized spacial score (nSPS) is 14.6. The van der Waals surface area contributed by atoms with Crippen LogP contribution < -0.4 is 0 Å². The van der Waals surface area contributed by atoms with Crippen LogP contribution in [0.15, 0.2) is 0 Å². The van der Waals surface area contributed by atoms with E-state index >= 15 is 0 Å². The fourth-order valence-electron chi connectivity index (χ4n) is 7.63. The molecule has 0 aliphatic rings. The average Bonchev–Trinajstić information content (AvgIpc) is 3.22. The Morgan fingerprint density at radius 1 is 0.364 bits per heavy atom. The molecule has 0 aliphatic carbocycles. The SMILES string of the molecule is CCC(N(CCCN(C)CCCN(CCCN(C)CCC[Si](OC)(OC)OC)CCC[Si](OC)(OC)OC)C(CC)[Si](OC)(OC)OC)[Si](OC)(OC)OC. The van der Waals surface area contributed by atoms with Gasteiger partial charge in [-0.1, -0.05) is 13.8 Å². The first-order valence-corrected chi connectivity index (χ1v) is 27.3. The van der Waals surface area contributed by atoms with Gasteiger partial charge in [0, 0.05) is 97.4 Å². The van der Waals surface area contributed by atoms with E-state index in [1.54, 1.807) is 85.3 Å². The van der Waals surface area contributed by atoms with Crippen LogP contribution in [0.4, 0.5) is 0 Å². The van der Waals surface area contributed by atoms with Gasteiger partial charge in [0.2, 0.25) is 0 Å². The van der Waals surface area contributed by atoms with Gasteiger partial charge in [0.15, 0.2) is 0 Å². The molecule has 0 aromatic rings. The highest BCUT2D eigenvalue weighted by molar-refractivity contribution is 6.64. The van der Waals surface area contributed by atoms with Crippen molar-refractivity contribution in [2.24, 2.45) is 0 Å². The third-order valence-corrected chi connectivity index (χ3v) is 23.1. The Kier molecular flexibility index (Phi) is 30.4. The van der Waals surface area contributed by atoms with Gasteiger partial charge in [-0.25, -0.2) is 0 Å². The second-order valence-corrected chi connectivity index (χ2v) is 26.2. The van der Waals surface area contributed by atoms with Crippen LogP contribution in [0.25, 0.3) is 0 Å². The van der Waals surface area contributed by atoms with Gasteiger partial charge in [0.25, 0.3) is 0 Å². The number of hydrogen-bond donors (Lipinski definition) is 0. The number of rotatable bonds is 38. The minimum absolute atomic E-state index is 0.102. The summed E-state index contributed by atoms with van der Waals surface area (Å²) in [6.07, 6.45) is 6.54. The second kappa shape index (κ2) is 30.3. The minimum Gasteiger partial charge on any atom is -0.377 e. The maximum absolute atomic E-state index is 6.03.